The number of alkyl halides is 5. The lowest BCUT2D eigenvalue weighted by atomic mass is 9.99. The molecule has 2 amide bonds. The number of carbonyl (C=O) groups excluding carboxylic acids is 1. The lowest BCUT2D eigenvalue weighted by Crippen LogP contribution is -2.59. The third kappa shape index (κ3) is 4.77. The molecule has 1 atom stereocenters. The Hall–Kier alpha value is -3.71. The number of aryl methyl sites for hydroxylation is 2. The van der Waals surface area contributed by atoms with Crippen LogP contribution in [0.15, 0.2) is 29.3 Å². The van der Waals surface area contributed by atoms with Gasteiger partial charge in [0.25, 0.3) is 11.5 Å². The van der Waals surface area contributed by atoms with Crippen LogP contribution in [0.2, 0.25) is 0 Å². The lowest BCUT2D eigenvalue weighted by molar-refractivity contribution is -0.138. The van der Waals surface area contributed by atoms with E-state index in [1.807, 2.05) is 12.2 Å². The van der Waals surface area contributed by atoms with Crippen LogP contribution in [-0.4, -0.2) is 62.6 Å². The molecule has 3 aromatic rings. The van der Waals surface area contributed by atoms with E-state index in [0.717, 1.165) is 19.8 Å². The van der Waals surface area contributed by atoms with Gasteiger partial charge >= 0.3 is 12.2 Å². The summed E-state index contributed by atoms with van der Waals surface area (Å²) in [7, 11) is 2.20. The Kier molecular flexibility index (Phi) is 5.93. The van der Waals surface area contributed by atoms with Crippen molar-refractivity contribution in [2.24, 2.45) is 7.05 Å². The molecule has 14 heteroatoms. The van der Waals surface area contributed by atoms with Gasteiger partial charge in [-0.3, -0.25) is 4.79 Å². The number of aromatic amines is 1. The summed E-state index contributed by atoms with van der Waals surface area (Å²) >= 11 is 0. The van der Waals surface area contributed by atoms with Crippen molar-refractivity contribution in [2.75, 3.05) is 30.4 Å². The molecular formula is C21H22F5N7O2. The SMILES string of the molecule is Cc1cc2nc(N3CC[C@@H](N(C)C(=O)Nc4cc(C(F)(F)F)cn(C)c4=O)C(F)(F)C3)cnc2[nH]1. The zero-order valence-electron chi connectivity index (χ0n) is 19.0. The number of fused-ring (bicyclic) bond motifs is 1. The van der Waals surface area contributed by atoms with Crippen molar-refractivity contribution in [2.45, 2.75) is 31.5 Å². The number of urea groups is 1. The summed E-state index contributed by atoms with van der Waals surface area (Å²) in [6.45, 7) is 1.20. The maximum Gasteiger partial charge on any atom is 0.417 e. The largest absolute Gasteiger partial charge is 0.417 e. The van der Waals surface area contributed by atoms with Gasteiger partial charge in [-0.05, 0) is 25.5 Å². The number of halogens is 5. The van der Waals surface area contributed by atoms with Crippen LogP contribution < -0.4 is 15.8 Å². The van der Waals surface area contributed by atoms with Crippen molar-refractivity contribution in [1.29, 1.82) is 0 Å². The summed E-state index contributed by atoms with van der Waals surface area (Å²) in [5, 5.41) is 2.04. The first-order valence-electron chi connectivity index (χ1n) is 10.5. The van der Waals surface area contributed by atoms with Crippen LogP contribution in [0.5, 0.6) is 0 Å². The number of anilines is 2. The van der Waals surface area contributed by atoms with Gasteiger partial charge in [-0.2, -0.15) is 13.2 Å². The highest BCUT2D eigenvalue weighted by Gasteiger charge is 2.48. The molecule has 0 bridgehead atoms. The second-order valence-corrected chi connectivity index (χ2v) is 8.50. The highest BCUT2D eigenvalue weighted by molar-refractivity contribution is 5.89. The summed E-state index contributed by atoms with van der Waals surface area (Å²) in [6.07, 6.45) is -2.94. The third-order valence-electron chi connectivity index (χ3n) is 5.88. The maximum atomic E-state index is 15.1. The number of pyridine rings is 1. The molecule has 0 aliphatic carbocycles. The van der Waals surface area contributed by atoms with Gasteiger partial charge in [-0.15, -0.1) is 0 Å². The summed E-state index contributed by atoms with van der Waals surface area (Å²) in [6, 6.07) is -0.456. The van der Waals surface area contributed by atoms with Gasteiger partial charge in [0.1, 0.15) is 23.1 Å². The Morgan fingerprint density at radius 3 is 2.69 bits per heavy atom. The molecule has 1 fully saturated rings. The van der Waals surface area contributed by atoms with E-state index in [2.05, 4.69) is 15.0 Å². The Bertz CT molecular complexity index is 1330. The van der Waals surface area contributed by atoms with Crippen molar-refractivity contribution < 1.29 is 26.7 Å². The molecule has 35 heavy (non-hydrogen) atoms. The van der Waals surface area contributed by atoms with E-state index in [0.29, 0.717) is 32.9 Å². The Labute approximate surface area is 195 Å². The fourth-order valence-electron chi connectivity index (χ4n) is 4.07. The average Bonchev–Trinajstić information content (AvgIpc) is 3.14. The van der Waals surface area contributed by atoms with Crippen molar-refractivity contribution in [1.82, 2.24) is 24.4 Å². The fraction of sp³-hybridized carbons (Fsp3) is 0.429. The van der Waals surface area contributed by atoms with Crippen LogP contribution in [0, 0.1) is 6.92 Å². The van der Waals surface area contributed by atoms with Crippen molar-refractivity contribution in [3.63, 3.8) is 0 Å². The van der Waals surface area contributed by atoms with Crippen LogP contribution in [0.25, 0.3) is 11.2 Å². The van der Waals surface area contributed by atoms with E-state index < -0.39 is 47.5 Å². The van der Waals surface area contributed by atoms with Crippen molar-refractivity contribution >= 4 is 28.7 Å². The van der Waals surface area contributed by atoms with E-state index >= 15 is 8.78 Å². The fourth-order valence-corrected chi connectivity index (χ4v) is 4.07. The van der Waals surface area contributed by atoms with Gasteiger partial charge in [0.15, 0.2) is 5.65 Å². The van der Waals surface area contributed by atoms with Crippen LogP contribution in [0.3, 0.4) is 0 Å². The molecule has 4 heterocycles. The second-order valence-electron chi connectivity index (χ2n) is 8.50. The average molecular weight is 499 g/mol. The minimum Gasteiger partial charge on any atom is -0.349 e. The quantitative estimate of drug-likeness (QED) is 0.539. The van der Waals surface area contributed by atoms with E-state index in [1.165, 1.54) is 11.1 Å². The Balaban J connectivity index is 1.50. The summed E-state index contributed by atoms with van der Waals surface area (Å²) < 4.78 is 70.1. The van der Waals surface area contributed by atoms with E-state index in [9.17, 15) is 22.8 Å². The third-order valence-corrected chi connectivity index (χ3v) is 5.88. The molecule has 1 aliphatic heterocycles. The highest BCUT2D eigenvalue weighted by Crippen LogP contribution is 2.34. The summed E-state index contributed by atoms with van der Waals surface area (Å²) in [5.74, 6) is -3.12. The number of hydrogen-bond acceptors (Lipinski definition) is 5. The zero-order valence-corrected chi connectivity index (χ0v) is 19.0. The molecule has 4 rings (SSSR count). The van der Waals surface area contributed by atoms with Crippen LogP contribution in [0.1, 0.15) is 17.7 Å². The van der Waals surface area contributed by atoms with E-state index in [1.54, 1.807) is 6.07 Å². The van der Waals surface area contributed by atoms with Crippen LogP contribution in [-0.2, 0) is 13.2 Å². The Morgan fingerprint density at radius 2 is 2.03 bits per heavy atom. The first-order chi connectivity index (χ1) is 16.3. The Morgan fingerprint density at radius 1 is 1.31 bits per heavy atom. The predicted molar refractivity (Wildman–Crippen MR) is 118 cm³/mol. The molecule has 3 aromatic heterocycles. The number of piperidine rings is 1. The van der Waals surface area contributed by atoms with E-state index in [-0.39, 0.29) is 18.8 Å². The van der Waals surface area contributed by atoms with E-state index in [4.69, 9.17) is 0 Å². The first kappa shape index (κ1) is 24.4. The monoisotopic (exact) mass is 499 g/mol. The number of aromatic nitrogens is 4. The van der Waals surface area contributed by atoms with Crippen LogP contribution in [0.4, 0.5) is 38.3 Å². The van der Waals surface area contributed by atoms with Crippen LogP contribution >= 0.6 is 0 Å². The molecule has 2 N–H and O–H groups in total. The molecule has 9 nitrogen and oxygen atoms in total. The smallest absolute Gasteiger partial charge is 0.349 e. The molecule has 0 saturated carbocycles. The normalized spacial score (nSPS) is 18.1. The number of carbonyl (C=O) groups is 1. The summed E-state index contributed by atoms with van der Waals surface area (Å²) in [5.41, 5.74) is -0.841. The maximum absolute atomic E-state index is 15.1. The number of hydrogen-bond donors (Lipinski definition) is 2. The summed E-state index contributed by atoms with van der Waals surface area (Å²) in [4.78, 5) is 38.5. The number of rotatable bonds is 3. The lowest BCUT2D eigenvalue weighted by Gasteiger charge is -2.42. The minimum atomic E-state index is -4.76. The second kappa shape index (κ2) is 8.50. The molecule has 1 aliphatic rings. The molecule has 1 saturated heterocycles. The van der Waals surface area contributed by atoms with Crippen molar-refractivity contribution in [3.8, 4) is 0 Å². The minimum absolute atomic E-state index is 0.132. The molecule has 0 unspecified atom stereocenters. The van der Waals surface area contributed by atoms with Gasteiger partial charge in [0.2, 0.25) is 0 Å². The number of nitrogens with one attached hydrogen (secondary N) is 2. The molecule has 0 aromatic carbocycles. The number of H-pyrrole nitrogens is 1. The molecular weight excluding hydrogens is 477 g/mol. The van der Waals surface area contributed by atoms with Gasteiger partial charge in [-0.25, -0.2) is 23.5 Å². The molecule has 0 radical (unpaired) electrons. The highest BCUT2D eigenvalue weighted by atomic mass is 19.4. The van der Waals surface area contributed by atoms with Gasteiger partial charge in [0, 0.05) is 32.5 Å². The van der Waals surface area contributed by atoms with Gasteiger partial charge < -0.3 is 24.7 Å². The van der Waals surface area contributed by atoms with Gasteiger partial charge in [0.05, 0.1) is 18.3 Å². The number of amides is 2. The molecule has 188 valence electrons. The van der Waals surface area contributed by atoms with Gasteiger partial charge in [-0.1, -0.05) is 0 Å². The zero-order chi connectivity index (χ0) is 25.7. The number of nitrogens with zero attached hydrogens (tertiary/aromatic N) is 5. The predicted octanol–water partition coefficient (Wildman–Crippen LogP) is 3.36. The first-order valence-corrected chi connectivity index (χ1v) is 10.5. The topological polar surface area (TPSA) is 99.2 Å². The standard InChI is InChI=1S/C21H22F5N7O2/c1-11-6-13-17(28-11)27-8-16(29-13)33-5-4-15(20(22,23)10-33)32(3)19(35)30-14-7-12(21(24,25)26)9-31(2)18(14)34/h6-9,15H,4-5,10H2,1-3H3,(H,27,28)(H,30,35)/t15-/m1/s1. The molecule has 0 spiro atoms. The van der Waals surface area contributed by atoms with Crippen molar-refractivity contribution in [3.05, 3.63) is 46.1 Å².